The Morgan fingerprint density at radius 1 is 1.00 bits per heavy atom. The van der Waals surface area contributed by atoms with Crippen molar-refractivity contribution < 1.29 is 27.5 Å². The number of carbonyl (C=O) groups excluding carboxylic acids is 1. The molecule has 1 heterocycles. The van der Waals surface area contributed by atoms with Crippen molar-refractivity contribution >= 4 is 11.6 Å². The Morgan fingerprint density at radius 2 is 1.72 bits per heavy atom. The first-order chi connectivity index (χ1) is 13.8. The summed E-state index contributed by atoms with van der Waals surface area (Å²) in [5, 5.41) is 2.54. The first-order valence-corrected chi connectivity index (χ1v) is 8.97. The molecule has 1 aromatic heterocycles. The van der Waals surface area contributed by atoms with Crippen LogP contribution in [0.3, 0.4) is 0 Å². The van der Waals surface area contributed by atoms with Gasteiger partial charge in [0.2, 0.25) is 0 Å². The lowest BCUT2D eigenvalue weighted by Gasteiger charge is -2.12. The monoisotopic (exact) mass is 401 g/mol. The Kier molecular flexibility index (Phi) is 6.16. The normalized spacial score (nSPS) is 10.8. The third-order valence-electron chi connectivity index (χ3n) is 4.06. The maximum Gasteiger partial charge on any atom is 0.387 e. The third kappa shape index (κ3) is 5.57. The number of furan rings is 1. The Labute approximate surface area is 167 Å². The van der Waals surface area contributed by atoms with E-state index < -0.39 is 12.5 Å². The summed E-state index contributed by atoms with van der Waals surface area (Å²) in [4.78, 5) is 12.5. The van der Waals surface area contributed by atoms with Gasteiger partial charge in [0, 0.05) is 0 Å². The number of rotatable bonds is 7. The summed E-state index contributed by atoms with van der Waals surface area (Å²) in [6, 6.07) is 13.5. The van der Waals surface area contributed by atoms with Gasteiger partial charge in [0.25, 0.3) is 5.91 Å². The van der Waals surface area contributed by atoms with Crippen LogP contribution in [0.25, 0.3) is 0 Å². The van der Waals surface area contributed by atoms with Gasteiger partial charge in [-0.15, -0.1) is 0 Å². The number of ether oxygens (including phenoxy) is 2. The molecule has 3 rings (SSSR count). The molecule has 152 valence electrons. The Balaban J connectivity index is 1.67. The van der Waals surface area contributed by atoms with Gasteiger partial charge >= 0.3 is 6.61 Å². The van der Waals surface area contributed by atoms with Crippen LogP contribution in [0, 0.1) is 20.8 Å². The van der Waals surface area contributed by atoms with E-state index in [0.29, 0.717) is 11.5 Å². The molecule has 0 saturated carbocycles. The summed E-state index contributed by atoms with van der Waals surface area (Å²) in [7, 11) is 0. The molecular weight excluding hydrogens is 380 g/mol. The van der Waals surface area contributed by atoms with E-state index in [9.17, 15) is 13.6 Å². The number of halogens is 2. The highest BCUT2D eigenvalue weighted by Crippen LogP contribution is 2.28. The second-order valence-corrected chi connectivity index (χ2v) is 6.71. The Bertz CT molecular complexity index is 994. The molecule has 0 saturated heterocycles. The van der Waals surface area contributed by atoms with Gasteiger partial charge in [-0.05, 0) is 73.9 Å². The maximum atomic E-state index is 12.6. The van der Waals surface area contributed by atoms with Gasteiger partial charge in [-0.1, -0.05) is 12.1 Å². The summed E-state index contributed by atoms with van der Waals surface area (Å²) in [6.45, 7) is 2.89. The van der Waals surface area contributed by atoms with Crippen molar-refractivity contribution in [2.45, 2.75) is 34.0 Å². The fourth-order valence-electron chi connectivity index (χ4n) is 2.87. The van der Waals surface area contributed by atoms with Crippen LogP contribution in [-0.4, -0.2) is 12.5 Å². The van der Waals surface area contributed by atoms with Crippen molar-refractivity contribution in [1.82, 2.24) is 0 Å². The minimum absolute atomic E-state index is 0.0357. The fourth-order valence-corrected chi connectivity index (χ4v) is 2.87. The van der Waals surface area contributed by atoms with Crippen LogP contribution >= 0.6 is 0 Å². The summed E-state index contributed by atoms with van der Waals surface area (Å²) >= 11 is 0. The molecule has 0 radical (unpaired) electrons. The topological polar surface area (TPSA) is 60.7 Å². The van der Waals surface area contributed by atoms with E-state index in [0.717, 1.165) is 16.7 Å². The molecule has 0 aliphatic heterocycles. The lowest BCUT2D eigenvalue weighted by molar-refractivity contribution is -0.0493. The third-order valence-corrected chi connectivity index (χ3v) is 4.06. The molecule has 2 aromatic carbocycles. The van der Waals surface area contributed by atoms with Crippen molar-refractivity contribution in [2.24, 2.45) is 0 Å². The van der Waals surface area contributed by atoms with E-state index >= 15 is 0 Å². The smallest absolute Gasteiger partial charge is 0.387 e. The molecule has 7 heteroatoms. The van der Waals surface area contributed by atoms with E-state index in [4.69, 9.17) is 9.15 Å². The number of hydrogen-bond acceptors (Lipinski definition) is 4. The van der Waals surface area contributed by atoms with E-state index in [1.165, 1.54) is 12.1 Å². The molecule has 0 atom stereocenters. The van der Waals surface area contributed by atoms with E-state index in [1.807, 2.05) is 32.0 Å². The van der Waals surface area contributed by atoms with E-state index in [2.05, 4.69) is 10.1 Å². The summed E-state index contributed by atoms with van der Waals surface area (Å²) in [5.41, 5.74) is 3.09. The fraction of sp³-hybridized carbons (Fsp3) is 0.227. The highest BCUT2D eigenvalue weighted by atomic mass is 19.3. The average Bonchev–Trinajstić information content (AvgIpc) is 3.10. The number of anilines is 1. The molecule has 5 nitrogen and oxygen atoms in total. The highest BCUT2D eigenvalue weighted by Gasteiger charge is 2.16. The van der Waals surface area contributed by atoms with Gasteiger partial charge in [0.05, 0.1) is 5.69 Å². The van der Waals surface area contributed by atoms with Crippen LogP contribution in [0.1, 0.15) is 33.0 Å². The largest absolute Gasteiger partial charge is 0.486 e. The lowest BCUT2D eigenvalue weighted by Crippen LogP contribution is -2.13. The molecular formula is C22H21F2NO4. The average molecular weight is 401 g/mol. The first kappa shape index (κ1) is 20.4. The minimum atomic E-state index is -2.99. The second-order valence-electron chi connectivity index (χ2n) is 6.71. The van der Waals surface area contributed by atoms with Gasteiger partial charge in [-0.25, -0.2) is 0 Å². The maximum absolute atomic E-state index is 12.6. The number of aryl methyl sites for hydroxylation is 3. The molecule has 29 heavy (non-hydrogen) atoms. The summed E-state index contributed by atoms with van der Waals surface area (Å²) in [5.74, 6) is 0.505. The molecule has 0 aliphatic rings. The summed E-state index contributed by atoms with van der Waals surface area (Å²) in [6.07, 6.45) is 0. The van der Waals surface area contributed by atoms with Crippen molar-refractivity contribution in [3.05, 3.63) is 76.7 Å². The molecule has 1 amide bonds. The number of benzene rings is 2. The lowest BCUT2D eigenvalue weighted by atomic mass is 10.1. The van der Waals surface area contributed by atoms with Crippen LogP contribution in [0.15, 0.2) is 52.9 Å². The van der Waals surface area contributed by atoms with Crippen LogP contribution in [0.5, 0.6) is 11.5 Å². The molecule has 1 N–H and O–H groups in total. The predicted molar refractivity (Wildman–Crippen MR) is 105 cm³/mol. The zero-order valence-electron chi connectivity index (χ0n) is 16.3. The van der Waals surface area contributed by atoms with Gasteiger partial charge in [-0.2, -0.15) is 8.78 Å². The zero-order chi connectivity index (χ0) is 21.0. The summed E-state index contributed by atoms with van der Waals surface area (Å²) < 4.78 is 40.8. The van der Waals surface area contributed by atoms with Crippen molar-refractivity contribution in [1.29, 1.82) is 0 Å². The number of amides is 1. The van der Waals surface area contributed by atoms with Crippen LogP contribution in [0.4, 0.5) is 14.5 Å². The predicted octanol–water partition coefficient (Wildman–Crippen LogP) is 5.64. The minimum Gasteiger partial charge on any atom is -0.486 e. The number of carbonyl (C=O) groups is 1. The standard InChI is InChI=1S/C22H21F2NO4/c1-13-4-6-19(29-22(23)24)18(11-13)25-21(26)20-7-5-16(28-20)12-27-17-9-14(2)8-15(3)10-17/h4-11,22H,12H2,1-3H3,(H,25,26). The SMILES string of the molecule is Cc1cc(C)cc(OCc2ccc(C(=O)Nc3cc(C)ccc3OC(F)F)o2)c1. The van der Waals surface area contributed by atoms with Gasteiger partial charge in [-0.3, -0.25) is 4.79 Å². The Hall–Kier alpha value is -3.35. The van der Waals surface area contributed by atoms with Crippen molar-refractivity contribution in [2.75, 3.05) is 5.32 Å². The first-order valence-electron chi connectivity index (χ1n) is 8.97. The molecule has 0 spiro atoms. The van der Waals surface area contributed by atoms with Gasteiger partial charge < -0.3 is 19.2 Å². The van der Waals surface area contributed by atoms with Gasteiger partial charge in [0.1, 0.15) is 23.9 Å². The number of alkyl halides is 2. The van der Waals surface area contributed by atoms with Crippen LogP contribution in [0.2, 0.25) is 0 Å². The quantitative estimate of drug-likeness (QED) is 0.557. The highest BCUT2D eigenvalue weighted by molar-refractivity contribution is 6.03. The van der Waals surface area contributed by atoms with E-state index in [1.54, 1.807) is 25.1 Å². The molecule has 0 aliphatic carbocycles. The molecule has 0 fully saturated rings. The number of nitrogens with one attached hydrogen (secondary N) is 1. The van der Waals surface area contributed by atoms with E-state index in [-0.39, 0.29) is 23.8 Å². The zero-order valence-corrected chi connectivity index (χ0v) is 16.3. The van der Waals surface area contributed by atoms with Gasteiger partial charge in [0.15, 0.2) is 5.76 Å². The molecule has 0 unspecified atom stereocenters. The molecule has 3 aromatic rings. The van der Waals surface area contributed by atoms with Crippen molar-refractivity contribution in [3.63, 3.8) is 0 Å². The van der Waals surface area contributed by atoms with Crippen LogP contribution in [-0.2, 0) is 6.61 Å². The van der Waals surface area contributed by atoms with Crippen LogP contribution < -0.4 is 14.8 Å². The number of hydrogen-bond donors (Lipinski definition) is 1. The second kappa shape index (κ2) is 8.77. The Morgan fingerprint density at radius 3 is 2.41 bits per heavy atom. The molecule has 0 bridgehead atoms. The van der Waals surface area contributed by atoms with Crippen molar-refractivity contribution in [3.8, 4) is 11.5 Å².